The molecule has 3 saturated carbocycles. The van der Waals surface area contributed by atoms with Crippen LogP contribution in [0.25, 0.3) is 0 Å². The summed E-state index contributed by atoms with van der Waals surface area (Å²) < 4.78 is 0. The maximum Gasteiger partial charge on any atom is 0.0833 e. The van der Waals surface area contributed by atoms with Crippen molar-refractivity contribution in [1.29, 1.82) is 0 Å². The quantitative estimate of drug-likeness (QED) is 0.298. The van der Waals surface area contributed by atoms with Crippen LogP contribution in [0.15, 0.2) is 21.5 Å². The lowest BCUT2D eigenvalue weighted by atomic mass is 9.52. The third-order valence-corrected chi connectivity index (χ3v) is 3.97. The number of fused-ring (bicyclic) bond motifs is 1. The van der Waals surface area contributed by atoms with Crippen molar-refractivity contribution >= 4 is 0 Å². The topological polar surface area (TPSA) is 50.7 Å². The van der Waals surface area contributed by atoms with Crippen molar-refractivity contribution in [3.8, 4) is 0 Å². The van der Waals surface area contributed by atoms with E-state index in [1.165, 1.54) is 25.7 Å². The molecule has 70 valence electrons. The van der Waals surface area contributed by atoms with Gasteiger partial charge in [-0.2, -0.15) is 5.11 Å². The molecule has 3 heteroatoms. The smallest absolute Gasteiger partial charge is 0.0833 e. The van der Waals surface area contributed by atoms with Gasteiger partial charge in [-0.3, -0.25) is 0 Å². The van der Waals surface area contributed by atoms with Gasteiger partial charge in [0.2, 0.25) is 0 Å². The molecule has 13 heavy (non-hydrogen) atoms. The maximum atomic E-state index is 5.03. The molecule has 0 aromatic carbocycles. The summed E-state index contributed by atoms with van der Waals surface area (Å²) in [6.45, 7) is 0.773. The summed E-state index contributed by atoms with van der Waals surface area (Å²) in [6, 6.07) is 0. The fraction of sp³-hybridized carbons (Fsp3) is 0.800. The number of hydrogen-bond acceptors (Lipinski definition) is 2. The molecule has 0 aromatic rings. The Bertz CT molecular complexity index is 279. The van der Waals surface area contributed by atoms with Gasteiger partial charge in [-0.25, -0.2) is 0 Å². The van der Waals surface area contributed by atoms with E-state index in [1.54, 1.807) is 11.1 Å². The largest absolute Gasteiger partial charge is 0.305 e. The van der Waals surface area contributed by atoms with Crippen molar-refractivity contribution in [2.75, 3.05) is 6.54 Å². The van der Waals surface area contributed by atoms with Crippen LogP contribution < -0.4 is 5.84 Å². The standard InChI is InChI=1S/C10H15N3/c11-13-12-5-9-3-6-1-7-4-8(2-6)10(7)9/h6-8H,1-5H2,(H2,11,12). The van der Waals surface area contributed by atoms with Crippen LogP contribution in [0.5, 0.6) is 0 Å². The molecule has 0 aromatic heterocycles. The van der Waals surface area contributed by atoms with Gasteiger partial charge in [0.25, 0.3) is 0 Å². The van der Waals surface area contributed by atoms with E-state index in [-0.39, 0.29) is 0 Å². The molecule has 5 aliphatic carbocycles. The third kappa shape index (κ3) is 0.960. The second-order valence-corrected chi connectivity index (χ2v) is 4.65. The van der Waals surface area contributed by atoms with Crippen molar-refractivity contribution in [1.82, 2.24) is 0 Å². The van der Waals surface area contributed by atoms with Crippen LogP contribution in [0.2, 0.25) is 0 Å². The Morgan fingerprint density at radius 2 is 2.00 bits per heavy atom. The van der Waals surface area contributed by atoms with E-state index >= 15 is 0 Å². The molecule has 4 bridgehead atoms. The van der Waals surface area contributed by atoms with Crippen LogP contribution in [-0.2, 0) is 0 Å². The molecular weight excluding hydrogens is 162 g/mol. The van der Waals surface area contributed by atoms with Gasteiger partial charge in [0.15, 0.2) is 0 Å². The first-order chi connectivity index (χ1) is 6.38. The van der Waals surface area contributed by atoms with Crippen LogP contribution in [0.4, 0.5) is 0 Å². The van der Waals surface area contributed by atoms with Crippen molar-refractivity contribution in [2.45, 2.75) is 25.7 Å². The number of nitrogens with two attached hydrogens (primary N) is 1. The Morgan fingerprint density at radius 3 is 2.62 bits per heavy atom. The lowest BCUT2D eigenvalue weighted by molar-refractivity contribution is 0.122. The van der Waals surface area contributed by atoms with Gasteiger partial charge in [-0.15, -0.1) is 0 Å². The first-order valence-electron chi connectivity index (χ1n) is 5.17. The minimum absolute atomic E-state index is 0.773. The predicted molar refractivity (Wildman–Crippen MR) is 49.9 cm³/mol. The van der Waals surface area contributed by atoms with E-state index in [2.05, 4.69) is 10.3 Å². The predicted octanol–water partition coefficient (Wildman–Crippen LogP) is 2.06. The third-order valence-electron chi connectivity index (χ3n) is 3.97. The molecule has 3 fully saturated rings. The van der Waals surface area contributed by atoms with E-state index < -0.39 is 0 Å². The van der Waals surface area contributed by atoms with Crippen molar-refractivity contribution in [3.05, 3.63) is 11.1 Å². The molecule has 5 rings (SSSR count). The molecule has 0 aliphatic heterocycles. The maximum absolute atomic E-state index is 5.03. The summed E-state index contributed by atoms with van der Waals surface area (Å²) in [5.74, 6) is 7.85. The highest BCUT2D eigenvalue weighted by molar-refractivity contribution is 5.34. The summed E-state index contributed by atoms with van der Waals surface area (Å²) in [6.07, 6.45) is 5.64. The highest BCUT2D eigenvalue weighted by Crippen LogP contribution is 2.59. The zero-order valence-corrected chi connectivity index (χ0v) is 7.74. The average molecular weight is 177 g/mol. The van der Waals surface area contributed by atoms with Crippen LogP contribution in [0.3, 0.4) is 0 Å². The molecular formula is C10H15N3. The summed E-state index contributed by atoms with van der Waals surface area (Å²) in [5, 5.41) is 7.26. The van der Waals surface area contributed by atoms with E-state index in [9.17, 15) is 0 Å². The Kier molecular flexibility index (Phi) is 1.49. The van der Waals surface area contributed by atoms with E-state index in [4.69, 9.17) is 5.84 Å². The number of nitrogens with zero attached hydrogens (tertiary/aromatic N) is 2. The molecule has 0 radical (unpaired) electrons. The molecule has 0 saturated heterocycles. The van der Waals surface area contributed by atoms with Crippen LogP contribution in [0.1, 0.15) is 25.7 Å². The molecule has 5 aliphatic rings. The van der Waals surface area contributed by atoms with Gasteiger partial charge in [0.1, 0.15) is 0 Å². The molecule has 0 spiro atoms. The van der Waals surface area contributed by atoms with E-state index in [1.807, 2.05) is 0 Å². The van der Waals surface area contributed by atoms with Crippen LogP contribution in [0, 0.1) is 17.8 Å². The second-order valence-electron chi connectivity index (χ2n) is 4.65. The zero-order chi connectivity index (χ0) is 8.84. The van der Waals surface area contributed by atoms with Gasteiger partial charge >= 0.3 is 0 Å². The minimum atomic E-state index is 0.773. The Balaban J connectivity index is 1.87. The Hall–Kier alpha value is -0.860. The summed E-state index contributed by atoms with van der Waals surface area (Å²) in [5.41, 5.74) is 3.31. The SMILES string of the molecule is NN=NCC1=C2C3CC(C1)CC2C3. The molecule has 0 amide bonds. The molecule has 2 atom stereocenters. The second kappa shape index (κ2) is 2.56. The van der Waals surface area contributed by atoms with Gasteiger partial charge in [-0.1, -0.05) is 10.8 Å². The normalized spacial score (nSPS) is 41.4. The van der Waals surface area contributed by atoms with Crippen molar-refractivity contribution < 1.29 is 0 Å². The van der Waals surface area contributed by atoms with Crippen molar-refractivity contribution in [3.63, 3.8) is 0 Å². The van der Waals surface area contributed by atoms with Gasteiger partial charge in [0, 0.05) is 0 Å². The number of hydrogen-bond donors (Lipinski definition) is 1. The lowest BCUT2D eigenvalue weighted by Gasteiger charge is -2.53. The van der Waals surface area contributed by atoms with Gasteiger partial charge < -0.3 is 5.84 Å². The average Bonchev–Trinajstić information content (AvgIpc) is 2.14. The van der Waals surface area contributed by atoms with E-state index in [0.29, 0.717) is 0 Å². The molecule has 2 N–H and O–H groups in total. The van der Waals surface area contributed by atoms with Crippen molar-refractivity contribution in [2.24, 2.45) is 33.9 Å². The first-order valence-corrected chi connectivity index (χ1v) is 5.17. The number of allylic oxidation sites excluding steroid dienone is 1. The minimum Gasteiger partial charge on any atom is -0.305 e. The summed E-state index contributed by atoms with van der Waals surface area (Å²) in [4.78, 5) is 0. The fourth-order valence-corrected chi connectivity index (χ4v) is 3.61. The summed E-state index contributed by atoms with van der Waals surface area (Å²) in [7, 11) is 0. The highest BCUT2D eigenvalue weighted by atomic mass is 15.3. The molecule has 2 unspecified atom stereocenters. The van der Waals surface area contributed by atoms with Crippen LogP contribution in [-0.4, -0.2) is 6.54 Å². The van der Waals surface area contributed by atoms with Gasteiger partial charge in [0.05, 0.1) is 6.54 Å². The molecule has 0 heterocycles. The highest BCUT2D eigenvalue weighted by Gasteiger charge is 2.47. The number of rotatable bonds is 2. The van der Waals surface area contributed by atoms with E-state index in [0.717, 1.165) is 24.3 Å². The lowest BCUT2D eigenvalue weighted by Crippen LogP contribution is -2.42. The zero-order valence-electron chi connectivity index (χ0n) is 7.74. The van der Waals surface area contributed by atoms with Crippen LogP contribution >= 0.6 is 0 Å². The van der Waals surface area contributed by atoms with Gasteiger partial charge in [-0.05, 0) is 49.0 Å². The fourth-order valence-electron chi connectivity index (χ4n) is 3.61. The Morgan fingerprint density at radius 1 is 1.23 bits per heavy atom. The first kappa shape index (κ1) is 7.54. The summed E-state index contributed by atoms with van der Waals surface area (Å²) >= 11 is 0. The Labute approximate surface area is 78.1 Å². The monoisotopic (exact) mass is 177 g/mol. The molecule has 3 nitrogen and oxygen atoms in total.